The molecule has 61 heavy (non-hydrogen) atoms. The van der Waals surface area contributed by atoms with E-state index in [1.807, 2.05) is 0 Å². The van der Waals surface area contributed by atoms with E-state index in [-0.39, 0.29) is 31.1 Å². The third-order valence-electron chi connectivity index (χ3n) is 11.0. The zero-order valence-corrected chi connectivity index (χ0v) is 40.2. The number of unbranched alkanes of at least 4 members (excludes halogenated alkanes) is 25. The summed E-state index contributed by atoms with van der Waals surface area (Å²) >= 11 is 0. The lowest BCUT2D eigenvalue weighted by atomic mass is 10.1. The van der Waals surface area contributed by atoms with Crippen LogP contribution in [0.4, 0.5) is 0 Å². The molecule has 0 aliphatic carbocycles. The lowest BCUT2D eigenvalue weighted by Crippen LogP contribution is -2.30. The van der Waals surface area contributed by atoms with Crippen molar-refractivity contribution in [3.05, 3.63) is 60.8 Å². The Morgan fingerprint density at radius 1 is 0.328 bits per heavy atom. The van der Waals surface area contributed by atoms with Gasteiger partial charge in [-0.1, -0.05) is 204 Å². The topological polar surface area (TPSA) is 78.9 Å². The Morgan fingerprint density at radius 3 is 0.967 bits per heavy atom. The van der Waals surface area contributed by atoms with Gasteiger partial charge in [0.15, 0.2) is 6.10 Å². The first-order valence-corrected chi connectivity index (χ1v) is 25.8. The predicted octanol–water partition coefficient (Wildman–Crippen LogP) is 16.9. The largest absolute Gasteiger partial charge is 0.462 e. The molecule has 0 N–H and O–H groups in total. The number of hydrogen-bond acceptors (Lipinski definition) is 6. The first-order valence-electron chi connectivity index (χ1n) is 25.8. The summed E-state index contributed by atoms with van der Waals surface area (Å²) in [4.78, 5) is 37.8. The van der Waals surface area contributed by atoms with Crippen molar-refractivity contribution >= 4 is 17.9 Å². The normalized spacial score (nSPS) is 12.5. The van der Waals surface area contributed by atoms with Crippen molar-refractivity contribution in [2.75, 3.05) is 13.2 Å². The van der Waals surface area contributed by atoms with Crippen LogP contribution in [0.15, 0.2) is 60.8 Å². The van der Waals surface area contributed by atoms with Crippen molar-refractivity contribution in [2.45, 2.75) is 258 Å². The first kappa shape index (κ1) is 58.1. The van der Waals surface area contributed by atoms with Gasteiger partial charge in [-0.25, -0.2) is 0 Å². The Kier molecular flexibility index (Phi) is 47.4. The highest BCUT2D eigenvalue weighted by Gasteiger charge is 2.19. The Hall–Kier alpha value is -2.89. The minimum atomic E-state index is -0.783. The molecule has 0 heterocycles. The second-order valence-corrected chi connectivity index (χ2v) is 17.1. The monoisotopic (exact) mass is 853 g/mol. The van der Waals surface area contributed by atoms with E-state index in [0.717, 1.165) is 103 Å². The van der Waals surface area contributed by atoms with Gasteiger partial charge in [0, 0.05) is 19.3 Å². The molecule has 0 aromatic rings. The van der Waals surface area contributed by atoms with Gasteiger partial charge in [0.25, 0.3) is 0 Å². The van der Waals surface area contributed by atoms with Gasteiger partial charge in [0.2, 0.25) is 0 Å². The molecular weight excluding hydrogens is 757 g/mol. The first-order chi connectivity index (χ1) is 30.0. The third-order valence-corrected chi connectivity index (χ3v) is 11.0. The molecule has 0 spiro atoms. The minimum absolute atomic E-state index is 0.0835. The summed E-state index contributed by atoms with van der Waals surface area (Å²) in [5.41, 5.74) is 0. The zero-order chi connectivity index (χ0) is 44.4. The molecule has 0 rings (SSSR count). The van der Waals surface area contributed by atoms with E-state index >= 15 is 0 Å². The van der Waals surface area contributed by atoms with Gasteiger partial charge in [0.1, 0.15) is 13.2 Å². The number of carbonyl (C=O) groups excluding carboxylic acids is 3. The minimum Gasteiger partial charge on any atom is -0.462 e. The molecule has 0 saturated carbocycles. The summed E-state index contributed by atoms with van der Waals surface area (Å²) in [6, 6.07) is 0. The van der Waals surface area contributed by atoms with Crippen molar-refractivity contribution < 1.29 is 28.6 Å². The van der Waals surface area contributed by atoms with Crippen LogP contribution in [0.25, 0.3) is 0 Å². The highest BCUT2D eigenvalue weighted by molar-refractivity contribution is 5.71. The molecule has 0 saturated heterocycles. The second kappa shape index (κ2) is 49.8. The van der Waals surface area contributed by atoms with Crippen LogP contribution in [0.2, 0.25) is 0 Å². The molecule has 6 nitrogen and oxygen atoms in total. The fourth-order valence-corrected chi connectivity index (χ4v) is 7.07. The molecule has 352 valence electrons. The van der Waals surface area contributed by atoms with Crippen LogP contribution in [0, 0.1) is 0 Å². The van der Waals surface area contributed by atoms with Gasteiger partial charge in [-0.15, -0.1) is 0 Å². The second-order valence-electron chi connectivity index (χ2n) is 17.1. The van der Waals surface area contributed by atoms with Crippen LogP contribution >= 0.6 is 0 Å². The maximum Gasteiger partial charge on any atom is 0.306 e. The molecule has 0 aliphatic heterocycles. The Balaban J connectivity index is 4.34. The highest BCUT2D eigenvalue weighted by atomic mass is 16.6. The number of allylic oxidation sites excluding steroid dienone is 10. The molecule has 0 radical (unpaired) electrons. The lowest BCUT2D eigenvalue weighted by Gasteiger charge is -2.18. The molecule has 0 aliphatic rings. The van der Waals surface area contributed by atoms with Crippen LogP contribution in [-0.4, -0.2) is 37.2 Å². The lowest BCUT2D eigenvalue weighted by molar-refractivity contribution is -0.167. The average Bonchev–Trinajstić information content (AvgIpc) is 3.26. The van der Waals surface area contributed by atoms with Crippen molar-refractivity contribution in [3.63, 3.8) is 0 Å². The molecule has 0 aromatic carbocycles. The van der Waals surface area contributed by atoms with Crippen LogP contribution in [0.1, 0.15) is 252 Å². The van der Waals surface area contributed by atoms with E-state index in [4.69, 9.17) is 14.2 Å². The zero-order valence-electron chi connectivity index (χ0n) is 40.2. The molecule has 1 unspecified atom stereocenters. The van der Waals surface area contributed by atoms with Gasteiger partial charge in [-0.05, 0) is 89.9 Å². The predicted molar refractivity (Wildman–Crippen MR) is 261 cm³/mol. The third kappa shape index (κ3) is 48.0. The quantitative estimate of drug-likeness (QED) is 0.0263. The van der Waals surface area contributed by atoms with E-state index in [0.29, 0.717) is 19.3 Å². The number of carbonyl (C=O) groups is 3. The number of hydrogen-bond donors (Lipinski definition) is 0. The van der Waals surface area contributed by atoms with Crippen molar-refractivity contribution in [3.8, 4) is 0 Å². The van der Waals surface area contributed by atoms with Gasteiger partial charge >= 0.3 is 17.9 Å². The van der Waals surface area contributed by atoms with E-state index < -0.39 is 6.10 Å². The molecule has 0 aromatic heterocycles. The molecule has 1 atom stereocenters. The summed E-state index contributed by atoms with van der Waals surface area (Å²) in [7, 11) is 0. The number of esters is 3. The fourth-order valence-electron chi connectivity index (χ4n) is 7.07. The number of rotatable bonds is 46. The van der Waals surface area contributed by atoms with Crippen LogP contribution in [0.3, 0.4) is 0 Å². The smallest absolute Gasteiger partial charge is 0.306 e. The van der Waals surface area contributed by atoms with E-state index in [1.54, 1.807) is 0 Å². The van der Waals surface area contributed by atoms with Crippen LogP contribution in [0.5, 0.6) is 0 Å². The van der Waals surface area contributed by atoms with Gasteiger partial charge < -0.3 is 14.2 Å². The van der Waals surface area contributed by atoms with Crippen molar-refractivity contribution in [1.29, 1.82) is 0 Å². The molecular formula is C55H96O6. The Bertz CT molecular complexity index is 1120. The Morgan fingerprint density at radius 2 is 0.590 bits per heavy atom. The Labute approximate surface area is 377 Å². The van der Waals surface area contributed by atoms with Crippen molar-refractivity contribution in [2.24, 2.45) is 0 Å². The summed E-state index contributed by atoms with van der Waals surface area (Å²) in [6.45, 7) is 6.54. The van der Waals surface area contributed by atoms with E-state index in [1.165, 1.54) is 109 Å². The van der Waals surface area contributed by atoms with Crippen LogP contribution in [-0.2, 0) is 28.6 Å². The SMILES string of the molecule is CCCCC/C=C\C/C=C\C/C=C\CCCCCCCCC(=O)OCC(COC(=O)CCCCCCCCCC)OC(=O)CCCCCCC/C=C\C/C=C\CCCCCC. The van der Waals surface area contributed by atoms with E-state index in [2.05, 4.69) is 81.5 Å². The highest BCUT2D eigenvalue weighted by Crippen LogP contribution is 2.14. The van der Waals surface area contributed by atoms with Gasteiger partial charge in [-0.3, -0.25) is 14.4 Å². The molecule has 6 heteroatoms. The fraction of sp³-hybridized carbons (Fsp3) is 0.764. The summed E-state index contributed by atoms with van der Waals surface area (Å²) < 4.78 is 16.7. The van der Waals surface area contributed by atoms with Gasteiger partial charge in [-0.2, -0.15) is 0 Å². The van der Waals surface area contributed by atoms with E-state index in [9.17, 15) is 14.4 Å². The number of ether oxygens (including phenoxy) is 3. The molecule has 0 amide bonds. The average molecular weight is 853 g/mol. The van der Waals surface area contributed by atoms with Crippen LogP contribution < -0.4 is 0 Å². The maximum atomic E-state index is 12.8. The molecule has 0 bridgehead atoms. The van der Waals surface area contributed by atoms with Gasteiger partial charge in [0.05, 0.1) is 0 Å². The molecule has 0 fully saturated rings. The standard InChI is InChI=1S/C55H96O6/c1-4-7-10-13-16-19-21-23-25-27-28-29-31-32-34-36-39-42-45-48-54(57)60-51-52(50-59-53(56)47-44-41-38-18-15-12-9-6-3)61-55(58)49-46-43-40-37-35-33-30-26-24-22-20-17-14-11-8-5-2/h16,19-20,22-23,25-26,28-30,52H,4-15,17-18,21,24,27,31-51H2,1-3H3/b19-16-,22-20-,25-23-,29-28-,30-26-. The summed E-state index contributed by atoms with van der Waals surface area (Å²) in [5, 5.41) is 0. The summed E-state index contributed by atoms with van der Waals surface area (Å²) in [5.74, 6) is -0.912. The summed E-state index contributed by atoms with van der Waals surface area (Å²) in [6.07, 6.45) is 60.6. The maximum absolute atomic E-state index is 12.8. The van der Waals surface area contributed by atoms with Crippen molar-refractivity contribution in [1.82, 2.24) is 0 Å².